The van der Waals surface area contributed by atoms with E-state index >= 15 is 0 Å². The van der Waals surface area contributed by atoms with E-state index in [2.05, 4.69) is 0 Å². The van der Waals surface area contributed by atoms with Crippen LogP contribution in [-0.2, 0) is 0 Å². The number of carbonyl (C=O) groups excluding carboxylic acids is 1. The smallest absolute Gasteiger partial charge is 0.253 e. The maximum atomic E-state index is 13.1. The number of amides is 1. The maximum Gasteiger partial charge on any atom is 0.253 e. The fourth-order valence-electron chi connectivity index (χ4n) is 1.71. The zero-order valence-electron chi connectivity index (χ0n) is 11.2. The molecule has 0 fully saturated rings. The van der Waals surface area contributed by atoms with Crippen molar-refractivity contribution < 1.29 is 9.18 Å². The van der Waals surface area contributed by atoms with Crippen LogP contribution in [0.15, 0.2) is 24.3 Å². The van der Waals surface area contributed by atoms with E-state index in [1.807, 2.05) is 20.8 Å². The molecule has 0 aromatic heterocycles. The average Bonchev–Trinajstić information content (AvgIpc) is 2.35. The number of nitrogens with two attached hydrogens (primary N) is 1. The average molecular weight is 252 g/mol. The number of rotatable bonds is 5. The van der Waals surface area contributed by atoms with Gasteiger partial charge in [-0.15, -0.1) is 0 Å². The lowest BCUT2D eigenvalue weighted by atomic mass is 9.93. The molecule has 0 bridgehead atoms. The maximum absolute atomic E-state index is 13.1. The third-order valence-electron chi connectivity index (χ3n) is 2.91. The van der Waals surface area contributed by atoms with E-state index in [0.717, 1.165) is 0 Å². The van der Waals surface area contributed by atoms with Crippen LogP contribution in [0.5, 0.6) is 0 Å². The lowest BCUT2D eigenvalue weighted by molar-refractivity contribution is 0.0700. The van der Waals surface area contributed by atoms with Crippen molar-refractivity contribution in [2.45, 2.75) is 20.8 Å². The lowest BCUT2D eigenvalue weighted by Gasteiger charge is -2.31. The van der Waals surface area contributed by atoms with Crippen LogP contribution in [-0.4, -0.2) is 30.4 Å². The largest absolute Gasteiger partial charge is 0.338 e. The van der Waals surface area contributed by atoms with Gasteiger partial charge in [0, 0.05) is 18.7 Å². The van der Waals surface area contributed by atoms with Crippen molar-refractivity contribution in [3.05, 3.63) is 35.6 Å². The first-order chi connectivity index (χ1) is 8.39. The predicted octanol–water partition coefficient (Wildman–Crippen LogP) is 2.27. The van der Waals surface area contributed by atoms with Crippen LogP contribution in [0.2, 0.25) is 0 Å². The van der Waals surface area contributed by atoms with Crippen molar-refractivity contribution in [3.8, 4) is 0 Å². The first-order valence-corrected chi connectivity index (χ1v) is 6.14. The van der Waals surface area contributed by atoms with Gasteiger partial charge < -0.3 is 10.6 Å². The molecule has 0 saturated carbocycles. The topological polar surface area (TPSA) is 46.3 Å². The van der Waals surface area contributed by atoms with Crippen molar-refractivity contribution in [2.75, 3.05) is 19.6 Å². The number of halogens is 1. The first-order valence-electron chi connectivity index (χ1n) is 6.14. The summed E-state index contributed by atoms with van der Waals surface area (Å²) in [5, 5.41) is 0. The summed E-state index contributed by atoms with van der Waals surface area (Å²) in [4.78, 5) is 13.9. The van der Waals surface area contributed by atoms with E-state index in [4.69, 9.17) is 5.73 Å². The standard InChI is InChI=1S/C14H21FN2O/c1-4-17(10-14(2,3)9-16)13(18)11-6-5-7-12(15)8-11/h5-8H,4,9-10,16H2,1-3H3. The molecule has 0 radical (unpaired) electrons. The number of hydrogen-bond acceptors (Lipinski definition) is 2. The highest BCUT2D eigenvalue weighted by molar-refractivity contribution is 5.94. The van der Waals surface area contributed by atoms with Crippen LogP contribution in [0.3, 0.4) is 0 Å². The van der Waals surface area contributed by atoms with E-state index in [0.29, 0.717) is 25.2 Å². The molecule has 3 nitrogen and oxygen atoms in total. The van der Waals surface area contributed by atoms with Crippen LogP contribution in [0.1, 0.15) is 31.1 Å². The van der Waals surface area contributed by atoms with Crippen LogP contribution in [0.25, 0.3) is 0 Å². The minimum atomic E-state index is -0.394. The minimum absolute atomic E-state index is 0.140. The molecule has 0 unspecified atom stereocenters. The molecule has 0 aliphatic heterocycles. The van der Waals surface area contributed by atoms with Gasteiger partial charge in [-0.2, -0.15) is 0 Å². The molecule has 0 aliphatic rings. The van der Waals surface area contributed by atoms with Crippen molar-refractivity contribution in [1.82, 2.24) is 4.90 Å². The molecule has 0 spiro atoms. The second-order valence-corrected chi connectivity index (χ2v) is 5.20. The highest BCUT2D eigenvalue weighted by Crippen LogP contribution is 2.17. The molecular formula is C14H21FN2O. The SMILES string of the molecule is CCN(CC(C)(C)CN)C(=O)c1cccc(F)c1. The van der Waals surface area contributed by atoms with Gasteiger partial charge in [0.05, 0.1) is 0 Å². The highest BCUT2D eigenvalue weighted by Gasteiger charge is 2.23. The Hall–Kier alpha value is -1.42. The van der Waals surface area contributed by atoms with E-state index < -0.39 is 5.82 Å². The van der Waals surface area contributed by atoms with E-state index in [1.165, 1.54) is 12.1 Å². The summed E-state index contributed by atoms with van der Waals surface area (Å²) in [7, 11) is 0. The highest BCUT2D eigenvalue weighted by atomic mass is 19.1. The van der Waals surface area contributed by atoms with Crippen LogP contribution in [0, 0.1) is 11.2 Å². The molecule has 0 heterocycles. The third-order valence-corrected chi connectivity index (χ3v) is 2.91. The number of benzene rings is 1. The molecule has 0 aliphatic carbocycles. The second kappa shape index (κ2) is 5.96. The third kappa shape index (κ3) is 3.81. The van der Waals surface area contributed by atoms with Crippen molar-refractivity contribution in [2.24, 2.45) is 11.1 Å². The van der Waals surface area contributed by atoms with Crippen molar-refractivity contribution >= 4 is 5.91 Å². The minimum Gasteiger partial charge on any atom is -0.338 e. The van der Waals surface area contributed by atoms with Gasteiger partial charge in [-0.05, 0) is 37.1 Å². The Balaban J connectivity index is 2.86. The van der Waals surface area contributed by atoms with Crippen LogP contribution in [0.4, 0.5) is 4.39 Å². The number of hydrogen-bond donors (Lipinski definition) is 1. The summed E-state index contributed by atoms with van der Waals surface area (Å²) in [6, 6.07) is 5.77. The monoisotopic (exact) mass is 252 g/mol. The molecule has 4 heteroatoms. The normalized spacial score (nSPS) is 11.4. The molecule has 18 heavy (non-hydrogen) atoms. The van der Waals surface area contributed by atoms with Gasteiger partial charge in [0.2, 0.25) is 0 Å². The summed E-state index contributed by atoms with van der Waals surface area (Å²) in [5.41, 5.74) is 5.91. The zero-order chi connectivity index (χ0) is 13.8. The summed E-state index contributed by atoms with van der Waals surface area (Å²) in [6.45, 7) is 7.57. The van der Waals surface area contributed by atoms with Gasteiger partial charge in [0.15, 0.2) is 0 Å². The van der Waals surface area contributed by atoms with Gasteiger partial charge in [-0.3, -0.25) is 4.79 Å². The Morgan fingerprint density at radius 2 is 2.11 bits per heavy atom. The van der Waals surface area contributed by atoms with Crippen molar-refractivity contribution in [1.29, 1.82) is 0 Å². The zero-order valence-corrected chi connectivity index (χ0v) is 11.2. The summed E-state index contributed by atoms with van der Waals surface area (Å²) >= 11 is 0. The Labute approximate surface area is 108 Å². The summed E-state index contributed by atoms with van der Waals surface area (Å²) in [5.74, 6) is -0.548. The van der Waals surface area contributed by atoms with Gasteiger partial charge in [-0.25, -0.2) is 4.39 Å². The molecule has 1 aromatic rings. The first kappa shape index (κ1) is 14.6. The summed E-state index contributed by atoms with van der Waals surface area (Å²) in [6.07, 6.45) is 0. The van der Waals surface area contributed by atoms with Gasteiger partial charge in [0.25, 0.3) is 5.91 Å². The second-order valence-electron chi connectivity index (χ2n) is 5.20. The molecule has 0 saturated heterocycles. The Morgan fingerprint density at radius 1 is 1.44 bits per heavy atom. The Morgan fingerprint density at radius 3 is 2.61 bits per heavy atom. The number of nitrogens with zero attached hydrogens (tertiary/aromatic N) is 1. The Bertz CT molecular complexity index is 418. The molecule has 2 N–H and O–H groups in total. The molecule has 1 amide bonds. The molecule has 1 rings (SSSR count). The Kier molecular flexibility index (Phi) is 4.84. The predicted molar refractivity (Wildman–Crippen MR) is 70.8 cm³/mol. The van der Waals surface area contributed by atoms with E-state index in [1.54, 1.807) is 17.0 Å². The van der Waals surface area contributed by atoms with Crippen LogP contribution < -0.4 is 5.73 Å². The van der Waals surface area contributed by atoms with Crippen LogP contribution >= 0.6 is 0 Å². The van der Waals surface area contributed by atoms with E-state index in [-0.39, 0.29) is 11.3 Å². The molecular weight excluding hydrogens is 231 g/mol. The molecule has 1 aromatic carbocycles. The van der Waals surface area contributed by atoms with Gasteiger partial charge in [-0.1, -0.05) is 19.9 Å². The summed E-state index contributed by atoms with van der Waals surface area (Å²) < 4.78 is 13.1. The van der Waals surface area contributed by atoms with E-state index in [9.17, 15) is 9.18 Å². The molecule has 0 atom stereocenters. The van der Waals surface area contributed by atoms with Crippen molar-refractivity contribution in [3.63, 3.8) is 0 Å². The quantitative estimate of drug-likeness (QED) is 0.873. The lowest BCUT2D eigenvalue weighted by Crippen LogP contribution is -2.42. The van der Waals surface area contributed by atoms with Gasteiger partial charge >= 0.3 is 0 Å². The molecule has 100 valence electrons. The fraction of sp³-hybridized carbons (Fsp3) is 0.500. The fourth-order valence-corrected chi connectivity index (χ4v) is 1.71. The number of carbonyl (C=O) groups is 1. The van der Waals surface area contributed by atoms with Gasteiger partial charge in [0.1, 0.15) is 5.82 Å².